The van der Waals surface area contributed by atoms with Crippen LogP contribution in [-0.2, 0) is 28.5 Å². The van der Waals surface area contributed by atoms with Gasteiger partial charge in [-0.1, -0.05) is 80.5 Å². The predicted molar refractivity (Wildman–Crippen MR) is 245 cm³/mol. The molecule has 0 saturated carbocycles. The van der Waals surface area contributed by atoms with E-state index in [0.29, 0.717) is 6.42 Å². The molecule has 0 aliphatic carbocycles. The van der Waals surface area contributed by atoms with Crippen LogP contribution in [0.2, 0.25) is 0 Å². The molecule has 0 bridgehead atoms. The predicted octanol–water partition coefficient (Wildman–Crippen LogP) is 5.71. The van der Waals surface area contributed by atoms with Crippen LogP contribution in [0, 0.1) is 11.8 Å². The number of hydrogen-bond donors (Lipinski definition) is 5. The van der Waals surface area contributed by atoms with Gasteiger partial charge in [-0.25, -0.2) is 28.3 Å². The van der Waals surface area contributed by atoms with E-state index in [0.717, 1.165) is 0 Å². The Hall–Kier alpha value is -6.86. The van der Waals surface area contributed by atoms with Gasteiger partial charge in [-0.15, -0.1) is 0 Å². The smallest absolute Gasteiger partial charge is 0.450 e. The number of carboxylic acid groups (broad SMARTS) is 1. The first kappa shape index (κ1) is 53.1. The minimum Gasteiger partial charge on any atom is -0.450 e. The standard InChI is InChI=1S/C22H24FN5O6.C16H20FN5O6.C6H15N/c1-4-13-14(23)16(34-22(31)32-12-8-6-5-7-9-12)20(33-13)28-10-24-15-17(28)25-21(27-19(15)30)26-18(29)11(2)3;1-4-7-8(17)10(28-16(25)26)14(27-7)22-5-18-9-11(22)19-15(21-13(9)24)20-12(23)6(2)3;1-4-7(5-2)6-3/h5-11,13-14,16,20H,4H2,1-3H3,(H2,25,26,27,29,30);5-8,10,14H,4H2,1-3H3,(H,25,26)(H2,19,20,21,23,24);4-6H2,1-3H3/t13-,14+,16-,20-;7-,8+,10-,14-;/m11./s1. The average Bonchev–Trinajstić information content (AvgIpc) is 4.08. The van der Waals surface area contributed by atoms with Crippen molar-refractivity contribution >= 4 is 58.3 Å². The summed E-state index contributed by atoms with van der Waals surface area (Å²) in [5.74, 6) is -1.41. The van der Waals surface area contributed by atoms with Crippen LogP contribution < -0.4 is 26.5 Å². The zero-order chi connectivity index (χ0) is 50.7. The van der Waals surface area contributed by atoms with Gasteiger partial charge in [0.1, 0.15) is 5.75 Å². The van der Waals surface area contributed by atoms with Crippen molar-refractivity contribution < 1.29 is 56.7 Å². The molecule has 2 fully saturated rings. The highest BCUT2D eigenvalue weighted by atomic mass is 19.1. The second-order valence-corrected chi connectivity index (χ2v) is 16.3. The minimum atomic E-state index is -1.70. The van der Waals surface area contributed by atoms with E-state index in [1.54, 1.807) is 71.9 Å². The van der Waals surface area contributed by atoms with Crippen LogP contribution in [0.5, 0.6) is 5.75 Å². The number of nitrogens with zero attached hydrogens (tertiary/aromatic N) is 7. The summed E-state index contributed by atoms with van der Waals surface area (Å²) in [6, 6.07) is 8.20. The van der Waals surface area contributed by atoms with Crippen molar-refractivity contribution in [2.75, 3.05) is 30.3 Å². The Kier molecular flexibility index (Phi) is 18.4. The molecule has 5 N–H and O–H groups in total. The van der Waals surface area contributed by atoms with Crippen molar-refractivity contribution in [1.82, 2.24) is 43.9 Å². The first-order chi connectivity index (χ1) is 32.8. The van der Waals surface area contributed by atoms with E-state index in [-0.39, 0.29) is 70.0 Å². The third-order valence-corrected chi connectivity index (χ3v) is 11.0. The molecule has 2 aliphatic rings. The lowest BCUT2D eigenvalue weighted by atomic mass is 10.1. The summed E-state index contributed by atoms with van der Waals surface area (Å²) >= 11 is 0. The largest absolute Gasteiger partial charge is 0.514 e. The number of carbonyl (C=O) groups excluding carboxylic acids is 3. The summed E-state index contributed by atoms with van der Waals surface area (Å²) in [5, 5.41) is 13.9. The molecule has 2 aliphatic heterocycles. The van der Waals surface area contributed by atoms with Crippen molar-refractivity contribution in [1.29, 1.82) is 0 Å². The number of benzene rings is 1. The van der Waals surface area contributed by atoms with Gasteiger partial charge in [0, 0.05) is 11.8 Å². The maximum atomic E-state index is 15.2. The number of carbonyl (C=O) groups is 4. The molecular formula is C44H59F2N11O12. The molecule has 2 saturated heterocycles. The number of alkyl halides is 2. The van der Waals surface area contributed by atoms with Gasteiger partial charge in [-0.2, -0.15) is 9.97 Å². The Morgan fingerprint density at radius 1 is 0.725 bits per heavy atom. The first-order valence-electron chi connectivity index (χ1n) is 22.6. The SMILES string of the molecule is CCN(CC)CC.CC[C@H]1O[C@@H](n2cnc3c(=O)[nH]c(NC(=O)C(C)C)nc32)[C@H](OC(=O)O)[C@H]1F.CC[C@H]1O[C@@H](n2cnc3c(=O)[nH]c(NC(=O)C(C)C)nc32)[C@H](OC(=O)Oc2ccccc2)[C@H]1F. The molecular weight excluding hydrogens is 913 g/mol. The number of anilines is 2. The second kappa shape index (κ2) is 23.9. The van der Waals surface area contributed by atoms with Gasteiger partial charge < -0.3 is 33.7 Å². The molecule has 69 heavy (non-hydrogen) atoms. The van der Waals surface area contributed by atoms with Crippen molar-refractivity contribution in [2.24, 2.45) is 11.8 Å². The van der Waals surface area contributed by atoms with Gasteiger partial charge in [0.05, 0.1) is 24.9 Å². The van der Waals surface area contributed by atoms with Gasteiger partial charge in [0.15, 0.2) is 59.3 Å². The summed E-state index contributed by atoms with van der Waals surface area (Å²) in [7, 11) is 0. The Bertz CT molecular complexity index is 2650. The van der Waals surface area contributed by atoms with Crippen LogP contribution >= 0.6 is 0 Å². The number of imidazole rings is 2. The molecule has 23 nitrogen and oxygen atoms in total. The van der Waals surface area contributed by atoms with E-state index in [9.17, 15) is 33.2 Å². The van der Waals surface area contributed by atoms with E-state index in [2.05, 4.69) is 70.9 Å². The number of rotatable bonds is 14. The molecule has 7 rings (SSSR count). The monoisotopic (exact) mass is 971 g/mol. The van der Waals surface area contributed by atoms with Crippen LogP contribution in [0.3, 0.4) is 0 Å². The Morgan fingerprint density at radius 2 is 1.14 bits per heavy atom. The minimum absolute atomic E-state index is 0.00394. The molecule has 5 aromatic rings. The molecule has 1 aromatic carbocycles. The van der Waals surface area contributed by atoms with E-state index in [1.807, 2.05) is 0 Å². The Balaban J connectivity index is 0.000000229. The number of amides is 2. The summed E-state index contributed by atoms with van der Waals surface area (Å²) in [6.45, 7) is 20.3. The summed E-state index contributed by atoms with van der Waals surface area (Å²) in [5.41, 5.74) is -1.33. The van der Waals surface area contributed by atoms with Crippen LogP contribution in [0.1, 0.15) is 87.6 Å². The molecule has 0 unspecified atom stereocenters. The number of H-pyrrole nitrogens is 2. The number of hydrogen-bond acceptors (Lipinski definition) is 16. The summed E-state index contributed by atoms with van der Waals surface area (Å²) in [4.78, 5) is 95.7. The van der Waals surface area contributed by atoms with Crippen LogP contribution in [0.25, 0.3) is 22.3 Å². The van der Waals surface area contributed by atoms with Gasteiger partial charge in [-0.05, 0) is 44.6 Å². The number of nitrogens with one attached hydrogen (secondary N) is 4. The molecule has 4 aromatic heterocycles. The normalized spacial score (nSPS) is 21.9. The zero-order valence-corrected chi connectivity index (χ0v) is 39.7. The highest BCUT2D eigenvalue weighted by Gasteiger charge is 2.50. The lowest BCUT2D eigenvalue weighted by Crippen LogP contribution is -2.34. The highest BCUT2D eigenvalue weighted by molar-refractivity contribution is 5.91. The average molecular weight is 972 g/mol. The van der Waals surface area contributed by atoms with E-state index < -0.39 is 72.6 Å². The molecule has 0 spiro atoms. The number of ether oxygens (including phenoxy) is 5. The number of aromatic amines is 2. The Labute approximate surface area is 394 Å². The number of aromatic nitrogens is 8. The third kappa shape index (κ3) is 12.8. The fourth-order valence-corrected chi connectivity index (χ4v) is 7.11. The summed E-state index contributed by atoms with van der Waals surface area (Å²) in [6.07, 6.45) is -10.1. The van der Waals surface area contributed by atoms with Gasteiger partial charge in [0.2, 0.25) is 23.7 Å². The third-order valence-electron chi connectivity index (χ3n) is 11.0. The van der Waals surface area contributed by atoms with Crippen LogP contribution in [-0.4, -0.2) is 130 Å². The number of halogens is 2. The van der Waals surface area contributed by atoms with Gasteiger partial charge >= 0.3 is 12.3 Å². The van der Waals surface area contributed by atoms with Crippen molar-refractivity contribution in [3.05, 3.63) is 63.7 Å². The molecule has 8 atom stereocenters. The molecule has 6 heterocycles. The fraction of sp³-hybridized carbons (Fsp3) is 0.545. The van der Waals surface area contributed by atoms with E-state index in [1.165, 1.54) is 41.4 Å². The fourth-order valence-electron chi connectivity index (χ4n) is 7.11. The van der Waals surface area contributed by atoms with Crippen LogP contribution in [0.15, 0.2) is 52.6 Å². The lowest BCUT2D eigenvalue weighted by Gasteiger charge is -2.20. The first-order valence-corrected chi connectivity index (χ1v) is 22.6. The Morgan fingerprint density at radius 3 is 1.51 bits per heavy atom. The quantitative estimate of drug-likeness (QED) is 0.0657. The molecule has 2 amide bonds. The highest BCUT2D eigenvalue weighted by Crippen LogP contribution is 2.38. The number of para-hydroxylation sites is 1. The lowest BCUT2D eigenvalue weighted by molar-refractivity contribution is -0.119. The maximum absolute atomic E-state index is 15.2. The molecule has 0 radical (unpaired) electrons. The molecule has 25 heteroatoms. The second-order valence-electron chi connectivity index (χ2n) is 16.3. The van der Waals surface area contributed by atoms with Gasteiger partial charge in [-0.3, -0.25) is 48.9 Å². The van der Waals surface area contributed by atoms with Crippen LogP contribution in [0.4, 0.5) is 30.3 Å². The topological polar surface area (TPSA) is 289 Å². The van der Waals surface area contributed by atoms with Crippen molar-refractivity contribution in [2.45, 2.75) is 124 Å². The molecule has 376 valence electrons. The maximum Gasteiger partial charge on any atom is 0.514 e. The van der Waals surface area contributed by atoms with Crippen molar-refractivity contribution in [3.8, 4) is 5.75 Å². The van der Waals surface area contributed by atoms with E-state index >= 15 is 4.39 Å². The van der Waals surface area contributed by atoms with E-state index in [4.69, 9.17) is 24.1 Å². The zero-order valence-electron chi connectivity index (χ0n) is 39.7. The summed E-state index contributed by atoms with van der Waals surface area (Å²) < 4.78 is 58.8. The number of fused-ring (bicyclic) bond motifs is 2. The van der Waals surface area contributed by atoms with Crippen molar-refractivity contribution in [3.63, 3.8) is 0 Å². The van der Waals surface area contributed by atoms with Gasteiger partial charge in [0.25, 0.3) is 11.1 Å².